The number of carbonyl (C=O) groups excluding carboxylic acids is 1. The van der Waals surface area contributed by atoms with Crippen molar-refractivity contribution in [1.82, 2.24) is 9.78 Å². The first-order valence-electron chi connectivity index (χ1n) is 6.24. The van der Waals surface area contributed by atoms with Crippen LogP contribution in [0.25, 0.3) is 0 Å². The number of aryl methyl sites for hydroxylation is 2. The third-order valence-electron chi connectivity index (χ3n) is 2.84. The van der Waals surface area contributed by atoms with Crippen LogP contribution in [-0.2, 0) is 6.54 Å². The highest BCUT2D eigenvalue weighted by molar-refractivity contribution is 6.32. The first-order valence-corrected chi connectivity index (χ1v) is 6.62. The van der Waals surface area contributed by atoms with Crippen LogP contribution in [0.2, 0.25) is 5.02 Å². The van der Waals surface area contributed by atoms with E-state index in [0.717, 1.165) is 5.69 Å². The van der Waals surface area contributed by atoms with Crippen molar-refractivity contribution in [2.24, 2.45) is 0 Å². The molecule has 106 valence electrons. The molecule has 0 atom stereocenters. The molecule has 1 N–H and O–H groups in total. The second-order valence-electron chi connectivity index (χ2n) is 4.29. The highest BCUT2D eigenvalue weighted by Crippen LogP contribution is 2.27. The minimum absolute atomic E-state index is 0.214. The Morgan fingerprint density at radius 3 is 2.80 bits per heavy atom. The number of amides is 1. The lowest BCUT2D eigenvalue weighted by Gasteiger charge is -2.08. The molecule has 1 amide bonds. The van der Waals surface area contributed by atoms with Crippen molar-refractivity contribution >= 4 is 23.2 Å². The summed E-state index contributed by atoms with van der Waals surface area (Å²) in [6, 6.07) is 6.85. The number of carbonyl (C=O) groups is 1. The first kappa shape index (κ1) is 14.4. The molecule has 0 aliphatic rings. The zero-order chi connectivity index (χ0) is 14.7. The Morgan fingerprint density at radius 1 is 1.45 bits per heavy atom. The van der Waals surface area contributed by atoms with Crippen LogP contribution in [0.1, 0.15) is 23.1 Å². The lowest BCUT2D eigenvalue weighted by atomic mass is 10.2. The molecule has 0 spiro atoms. The van der Waals surface area contributed by atoms with Gasteiger partial charge in [0.2, 0.25) is 0 Å². The van der Waals surface area contributed by atoms with Crippen LogP contribution in [0.5, 0.6) is 5.75 Å². The Bertz CT molecular complexity index is 637. The van der Waals surface area contributed by atoms with E-state index >= 15 is 0 Å². The van der Waals surface area contributed by atoms with Gasteiger partial charge in [-0.1, -0.05) is 11.6 Å². The Balaban J connectivity index is 2.21. The van der Waals surface area contributed by atoms with Gasteiger partial charge >= 0.3 is 0 Å². The molecule has 1 heterocycles. The normalized spacial score (nSPS) is 10.4. The summed E-state index contributed by atoms with van der Waals surface area (Å²) in [7, 11) is 1.54. The summed E-state index contributed by atoms with van der Waals surface area (Å²) >= 11 is 6.03. The maximum Gasteiger partial charge on any atom is 0.273 e. The molecule has 0 radical (unpaired) electrons. The van der Waals surface area contributed by atoms with E-state index in [1.165, 1.54) is 0 Å². The van der Waals surface area contributed by atoms with Crippen LogP contribution in [0.3, 0.4) is 0 Å². The lowest BCUT2D eigenvalue weighted by molar-refractivity contribution is 0.101. The minimum atomic E-state index is -0.214. The molecule has 0 aliphatic carbocycles. The van der Waals surface area contributed by atoms with Gasteiger partial charge in [-0.3, -0.25) is 9.48 Å². The summed E-state index contributed by atoms with van der Waals surface area (Å²) in [5.41, 5.74) is 1.95. The van der Waals surface area contributed by atoms with Gasteiger partial charge < -0.3 is 10.1 Å². The third kappa shape index (κ3) is 2.93. The number of rotatable bonds is 4. The number of nitrogens with one attached hydrogen (secondary N) is 1. The summed E-state index contributed by atoms with van der Waals surface area (Å²) in [5.74, 6) is 0.354. The molecule has 2 rings (SSSR count). The molecular formula is C14H16ClN3O2. The zero-order valence-corrected chi connectivity index (χ0v) is 12.4. The van der Waals surface area contributed by atoms with Crippen molar-refractivity contribution in [3.05, 3.63) is 40.7 Å². The average molecular weight is 294 g/mol. The van der Waals surface area contributed by atoms with Gasteiger partial charge in [0.25, 0.3) is 5.91 Å². The quantitative estimate of drug-likeness (QED) is 0.942. The highest BCUT2D eigenvalue weighted by atomic mass is 35.5. The molecule has 20 heavy (non-hydrogen) atoms. The Kier molecular flexibility index (Phi) is 4.29. The molecule has 0 fully saturated rings. The molecule has 0 bridgehead atoms. The summed E-state index contributed by atoms with van der Waals surface area (Å²) in [6.07, 6.45) is 0. The number of hydrogen-bond acceptors (Lipinski definition) is 3. The van der Waals surface area contributed by atoms with Crippen LogP contribution in [0.15, 0.2) is 24.3 Å². The maximum atomic E-state index is 12.2. The fraction of sp³-hybridized carbons (Fsp3) is 0.286. The van der Waals surface area contributed by atoms with Gasteiger partial charge in [-0.2, -0.15) is 5.10 Å². The second-order valence-corrected chi connectivity index (χ2v) is 4.70. The van der Waals surface area contributed by atoms with Crippen molar-refractivity contribution in [2.45, 2.75) is 20.4 Å². The number of anilines is 1. The van der Waals surface area contributed by atoms with Gasteiger partial charge in [0, 0.05) is 12.2 Å². The highest BCUT2D eigenvalue weighted by Gasteiger charge is 2.13. The van der Waals surface area contributed by atoms with E-state index in [4.69, 9.17) is 16.3 Å². The summed E-state index contributed by atoms with van der Waals surface area (Å²) in [4.78, 5) is 12.2. The Hall–Kier alpha value is -2.01. The number of halogens is 1. The van der Waals surface area contributed by atoms with Gasteiger partial charge in [-0.15, -0.1) is 0 Å². The Morgan fingerprint density at radius 2 is 2.20 bits per heavy atom. The van der Waals surface area contributed by atoms with E-state index < -0.39 is 0 Å². The lowest BCUT2D eigenvalue weighted by Crippen LogP contribution is -2.17. The molecule has 2 aromatic rings. The van der Waals surface area contributed by atoms with Gasteiger partial charge in [0.05, 0.1) is 17.8 Å². The van der Waals surface area contributed by atoms with E-state index in [0.29, 0.717) is 28.7 Å². The molecule has 5 nitrogen and oxygen atoms in total. The van der Waals surface area contributed by atoms with Gasteiger partial charge in [0.1, 0.15) is 11.4 Å². The number of aromatic nitrogens is 2. The first-order chi connectivity index (χ1) is 9.55. The number of benzene rings is 1. The minimum Gasteiger partial charge on any atom is -0.495 e. The molecular weight excluding hydrogens is 278 g/mol. The van der Waals surface area contributed by atoms with E-state index in [-0.39, 0.29) is 5.91 Å². The zero-order valence-electron chi connectivity index (χ0n) is 11.6. The van der Waals surface area contributed by atoms with Crippen LogP contribution < -0.4 is 10.1 Å². The standard InChI is InChI=1S/C14H16ClN3O2/c1-4-18-12(7-9(2)17-18)14(19)16-10-5-6-13(20-3)11(15)8-10/h5-8H,4H2,1-3H3,(H,16,19). The van der Waals surface area contributed by atoms with Crippen molar-refractivity contribution in [2.75, 3.05) is 12.4 Å². The largest absolute Gasteiger partial charge is 0.495 e. The number of methoxy groups -OCH3 is 1. The molecule has 0 saturated carbocycles. The summed E-state index contributed by atoms with van der Waals surface area (Å²) in [5, 5.41) is 7.49. The fourth-order valence-electron chi connectivity index (χ4n) is 1.91. The van der Waals surface area contributed by atoms with Crippen LogP contribution in [-0.4, -0.2) is 22.8 Å². The van der Waals surface area contributed by atoms with Gasteiger partial charge in [-0.05, 0) is 38.1 Å². The van der Waals surface area contributed by atoms with Gasteiger partial charge in [0.15, 0.2) is 0 Å². The molecule has 1 aromatic heterocycles. The topological polar surface area (TPSA) is 56.2 Å². The van der Waals surface area contributed by atoms with E-state index in [1.807, 2.05) is 13.8 Å². The number of hydrogen-bond donors (Lipinski definition) is 1. The number of ether oxygens (including phenoxy) is 1. The predicted molar refractivity (Wildman–Crippen MR) is 78.6 cm³/mol. The van der Waals surface area contributed by atoms with E-state index in [9.17, 15) is 4.79 Å². The predicted octanol–water partition coefficient (Wildman–Crippen LogP) is 3.13. The molecule has 0 saturated heterocycles. The monoisotopic (exact) mass is 293 g/mol. The molecule has 0 unspecified atom stereocenters. The van der Waals surface area contributed by atoms with Gasteiger partial charge in [-0.25, -0.2) is 0 Å². The fourth-order valence-corrected chi connectivity index (χ4v) is 2.17. The van der Waals surface area contributed by atoms with Crippen molar-refractivity contribution in [1.29, 1.82) is 0 Å². The van der Waals surface area contributed by atoms with Crippen molar-refractivity contribution in [3.8, 4) is 5.75 Å². The summed E-state index contributed by atoms with van der Waals surface area (Å²) in [6.45, 7) is 4.43. The maximum absolute atomic E-state index is 12.2. The molecule has 0 aliphatic heterocycles. The average Bonchev–Trinajstić information content (AvgIpc) is 2.80. The van der Waals surface area contributed by atoms with Crippen molar-refractivity contribution < 1.29 is 9.53 Å². The third-order valence-corrected chi connectivity index (χ3v) is 3.14. The number of nitrogens with zero attached hydrogens (tertiary/aromatic N) is 2. The smallest absolute Gasteiger partial charge is 0.273 e. The molecule has 1 aromatic carbocycles. The SMILES string of the molecule is CCn1nc(C)cc1C(=O)Nc1ccc(OC)c(Cl)c1. The van der Waals surface area contributed by atoms with Crippen LogP contribution in [0.4, 0.5) is 5.69 Å². The van der Waals surface area contributed by atoms with Crippen LogP contribution >= 0.6 is 11.6 Å². The van der Waals surface area contributed by atoms with Crippen molar-refractivity contribution in [3.63, 3.8) is 0 Å². The van der Waals surface area contributed by atoms with Crippen LogP contribution in [0, 0.1) is 6.92 Å². The van der Waals surface area contributed by atoms with E-state index in [1.54, 1.807) is 36.1 Å². The van der Waals surface area contributed by atoms with E-state index in [2.05, 4.69) is 10.4 Å². The Labute approximate surface area is 122 Å². The summed E-state index contributed by atoms with van der Waals surface area (Å²) < 4.78 is 6.73. The second kappa shape index (κ2) is 5.96. The molecule has 6 heteroatoms.